The lowest BCUT2D eigenvalue weighted by Gasteiger charge is -2.44. The molecule has 0 aromatic rings. The van der Waals surface area contributed by atoms with Gasteiger partial charge in [-0.05, 0) is 13.0 Å². The third-order valence-corrected chi connectivity index (χ3v) is 2.34. The van der Waals surface area contributed by atoms with Crippen LogP contribution in [-0.4, -0.2) is 36.2 Å². The Kier molecular flexibility index (Phi) is 2.09. The second-order valence-corrected chi connectivity index (χ2v) is 2.86. The summed E-state index contributed by atoms with van der Waals surface area (Å²) in [7, 11) is 2.06. The Hall–Kier alpha value is -0.0800. The Balaban J connectivity index is 2.29. The van der Waals surface area contributed by atoms with E-state index in [2.05, 4.69) is 18.9 Å². The molecule has 1 saturated heterocycles. The minimum absolute atomic E-state index is 0.328. The fourth-order valence-electron chi connectivity index (χ4n) is 1.54. The Morgan fingerprint density at radius 3 is 2.56 bits per heavy atom. The number of nitrogens with zero attached hydrogens (tertiary/aromatic N) is 1. The van der Waals surface area contributed by atoms with Gasteiger partial charge in [-0.3, -0.25) is 0 Å². The summed E-state index contributed by atoms with van der Waals surface area (Å²) in [6.07, 6.45) is 1.20. The maximum absolute atomic E-state index is 8.82. The van der Waals surface area contributed by atoms with Crippen LogP contribution in [0.3, 0.4) is 0 Å². The van der Waals surface area contributed by atoms with Gasteiger partial charge in [0, 0.05) is 12.6 Å². The fourth-order valence-corrected chi connectivity index (χ4v) is 1.54. The molecule has 1 rings (SSSR count). The molecule has 0 amide bonds. The third kappa shape index (κ3) is 1.10. The quantitative estimate of drug-likeness (QED) is 0.580. The molecule has 0 aliphatic carbocycles. The third-order valence-electron chi connectivity index (χ3n) is 2.34. The summed E-state index contributed by atoms with van der Waals surface area (Å²) >= 11 is 0. The van der Waals surface area contributed by atoms with Crippen LogP contribution in [0.4, 0.5) is 0 Å². The van der Waals surface area contributed by atoms with E-state index in [-0.39, 0.29) is 0 Å². The normalized spacial score (nSPS) is 36.3. The summed E-state index contributed by atoms with van der Waals surface area (Å²) in [6.45, 7) is 3.68. The number of aliphatic hydroxyl groups excluding tert-OH is 1. The molecule has 0 bridgehead atoms. The molecule has 1 fully saturated rings. The van der Waals surface area contributed by atoms with Crippen LogP contribution >= 0.6 is 0 Å². The highest BCUT2D eigenvalue weighted by atomic mass is 16.3. The zero-order valence-corrected chi connectivity index (χ0v) is 6.17. The molecule has 0 saturated carbocycles. The highest BCUT2D eigenvalue weighted by molar-refractivity contribution is 4.87. The van der Waals surface area contributed by atoms with Crippen molar-refractivity contribution in [2.45, 2.75) is 19.4 Å². The molecule has 1 aliphatic heterocycles. The van der Waals surface area contributed by atoms with Crippen molar-refractivity contribution in [2.24, 2.45) is 5.92 Å². The molecule has 1 aliphatic rings. The van der Waals surface area contributed by atoms with E-state index in [1.165, 1.54) is 13.0 Å². The Labute approximate surface area is 56.5 Å². The van der Waals surface area contributed by atoms with Gasteiger partial charge in [-0.2, -0.15) is 0 Å². The van der Waals surface area contributed by atoms with Crippen LogP contribution in [0.5, 0.6) is 0 Å². The van der Waals surface area contributed by atoms with E-state index in [9.17, 15) is 0 Å². The molecule has 0 aromatic heterocycles. The van der Waals surface area contributed by atoms with Gasteiger partial charge in [-0.15, -0.1) is 0 Å². The molecule has 2 nitrogen and oxygen atoms in total. The lowest BCUT2D eigenvalue weighted by Crippen LogP contribution is -2.55. The van der Waals surface area contributed by atoms with Gasteiger partial charge in [0.2, 0.25) is 0 Å². The van der Waals surface area contributed by atoms with Crippen molar-refractivity contribution in [1.82, 2.24) is 4.90 Å². The summed E-state index contributed by atoms with van der Waals surface area (Å²) in [5.74, 6) is 0.750. The summed E-state index contributed by atoms with van der Waals surface area (Å²) in [5, 5.41) is 8.82. The zero-order chi connectivity index (χ0) is 6.85. The molecule has 0 aromatic carbocycles. The minimum atomic E-state index is 0.328. The summed E-state index contributed by atoms with van der Waals surface area (Å²) in [6, 6.07) is 0.454. The first kappa shape index (κ1) is 7.03. The number of rotatable bonds is 2. The van der Waals surface area contributed by atoms with E-state index in [1.807, 2.05) is 0 Å². The standard InChI is InChI=1S/C7H15NO/c1-3-6-4-8(2)7(6)5-9/h6-7,9H,3-5H2,1-2H3/t6?,7-/m1/s1. The number of hydrogen-bond donors (Lipinski definition) is 1. The average Bonchev–Trinajstić information content (AvgIpc) is 1.83. The second-order valence-electron chi connectivity index (χ2n) is 2.86. The average molecular weight is 129 g/mol. The highest BCUT2D eigenvalue weighted by Gasteiger charge is 2.33. The Morgan fingerprint density at radius 1 is 1.67 bits per heavy atom. The maximum atomic E-state index is 8.82. The molecule has 9 heavy (non-hydrogen) atoms. The maximum Gasteiger partial charge on any atom is 0.0589 e. The number of hydrogen-bond acceptors (Lipinski definition) is 2. The molecular weight excluding hydrogens is 114 g/mol. The molecule has 2 heteroatoms. The van der Waals surface area contributed by atoms with Gasteiger partial charge in [0.05, 0.1) is 6.61 Å². The van der Waals surface area contributed by atoms with Crippen LogP contribution in [-0.2, 0) is 0 Å². The first-order valence-electron chi connectivity index (χ1n) is 3.60. The first-order chi connectivity index (χ1) is 4.29. The van der Waals surface area contributed by atoms with E-state index >= 15 is 0 Å². The van der Waals surface area contributed by atoms with Crippen molar-refractivity contribution in [3.8, 4) is 0 Å². The van der Waals surface area contributed by atoms with Gasteiger partial charge in [0.25, 0.3) is 0 Å². The van der Waals surface area contributed by atoms with E-state index in [4.69, 9.17) is 5.11 Å². The van der Waals surface area contributed by atoms with Crippen LogP contribution in [0.1, 0.15) is 13.3 Å². The molecule has 0 spiro atoms. The summed E-state index contributed by atoms with van der Waals surface area (Å²) in [5.41, 5.74) is 0. The van der Waals surface area contributed by atoms with Gasteiger partial charge in [0.1, 0.15) is 0 Å². The lowest BCUT2D eigenvalue weighted by atomic mass is 9.88. The van der Waals surface area contributed by atoms with E-state index < -0.39 is 0 Å². The van der Waals surface area contributed by atoms with Crippen molar-refractivity contribution in [3.63, 3.8) is 0 Å². The molecule has 1 heterocycles. The van der Waals surface area contributed by atoms with Crippen molar-refractivity contribution < 1.29 is 5.11 Å². The smallest absolute Gasteiger partial charge is 0.0589 e. The number of likely N-dealkylation sites (tertiary alicyclic amines) is 1. The largest absolute Gasteiger partial charge is 0.395 e. The van der Waals surface area contributed by atoms with Crippen molar-refractivity contribution in [3.05, 3.63) is 0 Å². The lowest BCUT2D eigenvalue weighted by molar-refractivity contribution is -0.000633. The van der Waals surface area contributed by atoms with Crippen LogP contribution in [0.15, 0.2) is 0 Å². The summed E-state index contributed by atoms with van der Waals surface area (Å²) in [4.78, 5) is 2.20. The van der Waals surface area contributed by atoms with Gasteiger partial charge in [-0.1, -0.05) is 13.3 Å². The van der Waals surface area contributed by atoms with Gasteiger partial charge >= 0.3 is 0 Å². The van der Waals surface area contributed by atoms with Gasteiger partial charge < -0.3 is 10.0 Å². The molecule has 0 radical (unpaired) electrons. The molecule has 1 unspecified atom stereocenters. The van der Waals surface area contributed by atoms with Crippen LogP contribution in [0.25, 0.3) is 0 Å². The van der Waals surface area contributed by atoms with Gasteiger partial charge in [0.15, 0.2) is 0 Å². The van der Waals surface area contributed by atoms with Crippen molar-refractivity contribution >= 4 is 0 Å². The minimum Gasteiger partial charge on any atom is -0.395 e. The van der Waals surface area contributed by atoms with Crippen LogP contribution in [0.2, 0.25) is 0 Å². The Bertz CT molecular complexity index is 94.9. The number of likely N-dealkylation sites (N-methyl/N-ethyl adjacent to an activating group) is 1. The fraction of sp³-hybridized carbons (Fsp3) is 1.00. The topological polar surface area (TPSA) is 23.5 Å². The van der Waals surface area contributed by atoms with E-state index in [1.54, 1.807) is 0 Å². The molecule has 54 valence electrons. The monoisotopic (exact) mass is 129 g/mol. The zero-order valence-electron chi connectivity index (χ0n) is 6.17. The van der Waals surface area contributed by atoms with Gasteiger partial charge in [-0.25, -0.2) is 0 Å². The molecular formula is C7H15NO. The number of aliphatic hydroxyl groups is 1. The van der Waals surface area contributed by atoms with Crippen molar-refractivity contribution in [2.75, 3.05) is 20.2 Å². The SMILES string of the molecule is CCC1CN(C)[C@@H]1CO. The van der Waals surface area contributed by atoms with Crippen LogP contribution < -0.4 is 0 Å². The van der Waals surface area contributed by atoms with E-state index in [0.29, 0.717) is 12.6 Å². The van der Waals surface area contributed by atoms with Crippen LogP contribution in [0, 0.1) is 5.92 Å². The van der Waals surface area contributed by atoms with Crippen molar-refractivity contribution in [1.29, 1.82) is 0 Å². The Morgan fingerprint density at radius 2 is 2.33 bits per heavy atom. The first-order valence-corrected chi connectivity index (χ1v) is 3.60. The predicted octanol–water partition coefficient (Wildman–Crippen LogP) is 0.319. The predicted molar refractivity (Wildman–Crippen MR) is 37.3 cm³/mol. The second kappa shape index (κ2) is 2.67. The molecule has 1 N–H and O–H groups in total. The van der Waals surface area contributed by atoms with E-state index in [0.717, 1.165) is 5.92 Å². The molecule has 2 atom stereocenters. The highest BCUT2D eigenvalue weighted by Crippen LogP contribution is 2.24. The summed E-state index contributed by atoms with van der Waals surface area (Å²) < 4.78 is 0.